The van der Waals surface area contributed by atoms with Crippen LogP contribution in [-0.4, -0.2) is 30.1 Å². The van der Waals surface area contributed by atoms with E-state index < -0.39 is 10.8 Å². The zero-order valence-electron chi connectivity index (χ0n) is 14.7. The molecule has 0 radical (unpaired) electrons. The molecule has 1 fully saturated rings. The van der Waals surface area contributed by atoms with E-state index in [1.54, 1.807) is 12.1 Å². The maximum absolute atomic E-state index is 12.2. The fourth-order valence-corrected chi connectivity index (χ4v) is 3.06. The number of hydrogen-bond acceptors (Lipinski definition) is 6. The Bertz CT molecular complexity index is 970. The van der Waals surface area contributed by atoms with Crippen molar-refractivity contribution in [1.29, 1.82) is 5.26 Å². The molecule has 1 aliphatic rings. The summed E-state index contributed by atoms with van der Waals surface area (Å²) in [5, 5.41) is 22.9. The van der Waals surface area contributed by atoms with Gasteiger partial charge in [0.05, 0.1) is 16.0 Å². The standard InChI is InChI=1S/C19H16ClN3O5/c20-17-9-13(23(25)26)3-5-16(17)18-6-4-14(28-18)8-12(10-21)19(24)22-11-15-2-1-7-27-15/h3-6,8-9,15H,1-2,7,11H2,(H,22,24)/b12-8+/t15-/m0/s1. The van der Waals surface area contributed by atoms with Crippen LogP contribution in [0, 0.1) is 21.4 Å². The molecule has 1 aromatic heterocycles. The highest BCUT2D eigenvalue weighted by atomic mass is 35.5. The Morgan fingerprint density at radius 3 is 2.89 bits per heavy atom. The molecule has 3 rings (SSSR count). The average molecular weight is 402 g/mol. The van der Waals surface area contributed by atoms with Crippen LogP contribution in [0.1, 0.15) is 18.6 Å². The van der Waals surface area contributed by atoms with E-state index in [0.29, 0.717) is 24.5 Å². The van der Waals surface area contributed by atoms with Crippen molar-refractivity contribution in [3.8, 4) is 17.4 Å². The molecule has 2 aromatic rings. The Kier molecular flexibility index (Phi) is 6.09. The van der Waals surface area contributed by atoms with Crippen LogP contribution in [0.15, 0.2) is 40.3 Å². The summed E-state index contributed by atoms with van der Waals surface area (Å²) in [5.41, 5.74) is 0.233. The van der Waals surface area contributed by atoms with Crippen molar-refractivity contribution in [2.45, 2.75) is 18.9 Å². The summed E-state index contributed by atoms with van der Waals surface area (Å²) in [4.78, 5) is 22.4. The van der Waals surface area contributed by atoms with Crippen LogP contribution in [-0.2, 0) is 9.53 Å². The largest absolute Gasteiger partial charge is 0.457 e. The number of rotatable bonds is 6. The second-order valence-corrected chi connectivity index (χ2v) is 6.55. The van der Waals surface area contributed by atoms with Gasteiger partial charge in [-0.1, -0.05) is 11.6 Å². The lowest BCUT2D eigenvalue weighted by atomic mass is 10.1. The Morgan fingerprint density at radius 2 is 2.25 bits per heavy atom. The molecular weight excluding hydrogens is 386 g/mol. The van der Waals surface area contributed by atoms with Crippen molar-refractivity contribution in [3.05, 3.63) is 56.8 Å². The number of ether oxygens (including phenoxy) is 1. The van der Waals surface area contributed by atoms with Gasteiger partial charge in [0.1, 0.15) is 23.2 Å². The van der Waals surface area contributed by atoms with E-state index in [4.69, 9.17) is 20.8 Å². The number of nitrogens with zero attached hydrogens (tertiary/aromatic N) is 2. The molecule has 8 nitrogen and oxygen atoms in total. The van der Waals surface area contributed by atoms with Crippen molar-refractivity contribution in [3.63, 3.8) is 0 Å². The van der Waals surface area contributed by atoms with Crippen LogP contribution in [0.3, 0.4) is 0 Å². The van der Waals surface area contributed by atoms with Crippen LogP contribution >= 0.6 is 11.6 Å². The van der Waals surface area contributed by atoms with Gasteiger partial charge in [0, 0.05) is 36.9 Å². The van der Waals surface area contributed by atoms with Gasteiger partial charge < -0.3 is 14.5 Å². The first-order valence-corrected chi connectivity index (χ1v) is 8.91. The van der Waals surface area contributed by atoms with Gasteiger partial charge in [-0.3, -0.25) is 14.9 Å². The van der Waals surface area contributed by atoms with Crippen LogP contribution < -0.4 is 5.32 Å². The molecule has 1 N–H and O–H groups in total. The lowest BCUT2D eigenvalue weighted by Crippen LogP contribution is -2.32. The molecule has 1 aromatic carbocycles. The van der Waals surface area contributed by atoms with Gasteiger partial charge in [-0.15, -0.1) is 0 Å². The average Bonchev–Trinajstić information content (AvgIpc) is 3.36. The number of amides is 1. The number of carbonyl (C=O) groups is 1. The van der Waals surface area contributed by atoms with Crippen LogP contribution in [0.5, 0.6) is 0 Å². The second-order valence-electron chi connectivity index (χ2n) is 6.14. The van der Waals surface area contributed by atoms with Gasteiger partial charge in [0.25, 0.3) is 11.6 Å². The third-order valence-electron chi connectivity index (χ3n) is 4.22. The summed E-state index contributed by atoms with van der Waals surface area (Å²) in [6.07, 6.45) is 3.14. The maximum Gasteiger partial charge on any atom is 0.270 e. The number of nitrogens with one attached hydrogen (secondary N) is 1. The first kappa shape index (κ1) is 19.6. The minimum Gasteiger partial charge on any atom is -0.457 e. The highest BCUT2D eigenvalue weighted by Gasteiger charge is 2.18. The number of furan rings is 1. The summed E-state index contributed by atoms with van der Waals surface area (Å²) in [5.74, 6) is 0.140. The van der Waals surface area contributed by atoms with Crippen molar-refractivity contribution in [2.75, 3.05) is 13.2 Å². The minimum absolute atomic E-state index is 0.0246. The molecule has 1 amide bonds. The van der Waals surface area contributed by atoms with E-state index >= 15 is 0 Å². The molecule has 2 heterocycles. The number of nitriles is 1. The van der Waals surface area contributed by atoms with E-state index in [0.717, 1.165) is 12.8 Å². The first-order chi connectivity index (χ1) is 13.5. The van der Waals surface area contributed by atoms with Gasteiger partial charge in [-0.25, -0.2) is 0 Å². The fraction of sp³-hybridized carbons (Fsp3) is 0.263. The molecular formula is C19H16ClN3O5. The van der Waals surface area contributed by atoms with Crippen molar-refractivity contribution in [2.24, 2.45) is 0 Å². The molecule has 0 bridgehead atoms. The number of halogens is 1. The van der Waals surface area contributed by atoms with Gasteiger partial charge in [0.15, 0.2) is 0 Å². The Balaban J connectivity index is 1.73. The normalized spacial score (nSPS) is 16.6. The van der Waals surface area contributed by atoms with Crippen LogP contribution in [0.4, 0.5) is 5.69 Å². The zero-order chi connectivity index (χ0) is 20.1. The zero-order valence-corrected chi connectivity index (χ0v) is 15.4. The maximum atomic E-state index is 12.2. The number of hydrogen-bond donors (Lipinski definition) is 1. The number of non-ortho nitro benzene ring substituents is 1. The SMILES string of the molecule is N#C/C(=C\c1ccc(-c2ccc([N+](=O)[O-])cc2Cl)o1)C(=O)NC[C@@H]1CCCO1. The highest BCUT2D eigenvalue weighted by Crippen LogP contribution is 2.32. The molecule has 28 heavy (non-hydrogen) atoms. The van der Waals surface area contributed by atoms with E-state index in [-0.39, 0.29) is 28.1 Å². The Labute approximate surface area is 165 Å². The molecule has 0 spiro atoms. The van der Waals surface area contributed by atoms with E-state index in [2.05, 4.69) is 5.32 Å². The molecule has 1 atom stereocenters. The van der Waals surface area contributed by atoms with Gasteiger partial charge in [-0.2, -0.15) is 5.26 Å². The smallest absolute Gasteiger partial charge is 0.270 e. The monoisotopic (exact) mass is 401 g/mol. The number of benzene rings is 1. The van der Waals surface area contributed by atoms with E-state index in [9.17, 15) is 20.2 Å². The quantitative estimate of drug-likeness (QED) is 0.341. The predicted octanol–water partition coefficient (Wildman–Crippen LogP) is 3.71. The third-order valence-corrected chi connectivity index (χ3v) is 4.53. The summed E-state index contributed by atoms with van der Waals surface area (Å²) in [7, 11) is 0. The number of carbonyl (C=O) groups excluding carboxylic acids is 1. The minimum atomic E-state index is -0.541. The van der Waals surface area contributed by atoms with Gasteiger partial charge >= 0.3 is 0 Å². The molecule has 0 unspecified atom stereocenters. The lowest BCUT2D eigenvalue weighted by Gasteiger charge is -2.09. The van der Waals surface area contributed by atoms with Gasteiger partial charge in [-0.05, 0) is 31.0 Å². The van der Waals surface area contributed by atoms with Crippen LogP contribution in [0.2, 0.25) is 5.02 Å². The summed E-state index contributed by atoms with van der Waals surface area (Å²) >= 11 is 6.10. The second kappa shape index (κ2) is 8.69. The topological polar surface area (TPSA) is 118 Å². The molecule has 9 heteroatoms. The summed E-state index contributed by atoms with van der Waals surface area (Å²) in [6, 6.07) is 9.07. The van der Waals surface area contributed by atoms with Gasteiger partial charge in [0.2, 0.25) is 0 Å². The Morgan fingerprint density at radius 1 is 1.43 bits per heavy atom. The van der Waals surface area contributed by atoms with E-state index in [1.165, 1.54) is 24.3 Å². The van der Waals surface area contributed by atoms with Crippen molar-refractivity contribution >= 4 is 29.3 Å². The number of nitro groups is 1. The van der Waals surface area contributed by atoms with Crippen molar-refractivity contribution < 1.29 is 18.9 Å². The van der Waals surface area contributed by atoms with Crippen molar-refractivity contribution in [1.82, 2.24) is 5.32 Å². The summed E-state index contributed by atoms with van der Waals surface area (Å²) in [6.45, 7) is 1.03. The summed E-state index contributed by atoms with van der Waals surface area (Å²) < 4.78 is 11.1. The lowest BCUT2D eigenvalue weighted by molar-refractivity contribution is -0.384. The fourth-order valence-electron chi connectivity index (χ4n) is 2.79. The molecule has 144 valence electrons. The number of nitro benzene ring substituents is 1. The third kappa shape index (κ3) is 4.57. The highest BCUT2D eigenvalue weighted by molar-refractivity contribution is 6.33. The molecule has 1 aliphatic heterocycles. The predicted molar refractivity (Wildman–Crippen MR) is 101 cm³/mol. The molecule has 0 saturated carbocycles. The first-order valence-electron chi connectivity index (χ1n) is 8.53. The Hall–Kier alpha value is -3.15. The molecule has 1 saturated heterocycles. The molecule has 0 aliphatic carbocycles. The van der Waals surface area contributed by atoms with E-state index in [1.807, 2.05) is 6.07 Å². The van der Waals surface area contributed by atoms with Crippen LogP contribution in [0.25, 0.3) is 17.4 Å².